The summed E-state index contributed by atoms with van der Waals surface area (Å²) in [6.07, 6.45) is 2.51. The second kappa shape index (κ2) is 6.84. The molecule has 0 spiro atoms. The molecule has 1 amide bonds. The summed E-state index contributed by atoms with van der Waals surface area (Å²) in [6.45, 7) is 5.48. The topological polar surface area (TPSA) is 75.4 Å². The predicted octanol–water partition coefficient (Wildman–Crippen LogP) is -1.05. The molecule has 23 heavy (non-hydrogen) atoms. The second-order valence-corrected chi connectivity index (χ2v) is 6.74. The highest BCUT2D eigenvalue weighted by molar-refractivity contribution is 5.75. The van der Waals surface area contributed by atoms with E-state index in [2.05, 4.69) is 15.3 Å². The number of hydrogen-bond acceptors (Lipinski definition) is 5. The van der Waals surface area contributed by atoms with E-state index >= 15 is 0 Å². The van der Waals surface area contributed by atoms with Crippen molar-refractivity contribution >= 4 is 5.91 Å². The Morgan fingerprint density at radius 1 is 1.39 bits per heavy atom. The van der Waals surface area contributed by atoms with E-state index in [1.165, 1.54) is 22.4 Å². The number of nitrogens with one attached hydrogen (secondary N) is 1. The molecule has 0 saturated carbocycles. The number of piperidine rings is 1. The third-order valence-corrected chi connectivity index (χ3v) is 4.70. The van der Waals surface area contributed by atoms with Gasteiger partial charge in [0.15, 0.2) is 0 Å². The maximum atomic E-state index is 12.3. The van der Waals surface area contributed by atoms with Crippen LogP contribution in [-0.2, 0) is 24.4 Å². The van der Waals surface area contributed by atoms with Gasteiger partial charge in [0.2, 0.25) is 5.91 Å². The summed E-state index contributed by atoms with van der Waals surface area (Å²) in [6, 6.07) is 0. The lowest BCUT2D eigenvalue weighted by Crippen LogP contribution is -2.43. The smallest absolute Gasteiger partial charge is 0.346 e. The van der Waals surface area contributed by atoms with Gasteiger partial charge in [0.25, 0.3) is 0 Å². The van der Waals surface area contributed by atoms with E-state index < -0.39 is 0 Å². The van der Waals surface area contributed by atoms with E-state index in [-0.39, 0.29) is 18.1 Å². The van der Waals surface area contributed by atoms with Gasteiger partial charge in [0.05, 0.1) is 6.54 Å². The fraction of sp³-hybridized carbons (Fsp3) is 0.800. The van der Waals surface area contributed by atoms with Crippen molar-refractivity contribution < 1.29 is 4.79 Å². The minimum Gasteiger partial charge on any atom is -0.347 e. The van der Waals surface area contributed by atoms with Gasteiger partial charge in [-0.3, -0.25) is 14.3 Å². The zero-order chi connectivity index (χ0) is 16.4. The molecule has 0 aromatic carbocycles. The van der Waals surface area contributed by atoms with Crippen molar-refractivity contribution in [2.24, 2.45) is 5.92 Å². The van der Waals surface area contributed by atoms with Crippen LogP contribution < -0.4 is 11.0 Å². The number of amides is 1. The van der Waals surface area contributed by atoms with Crippen molar-refractivity contribution in [2.45, 2.75) is 32.5 Å². The average molecular weight is 322 g/mol. The van der Waals surface area contributed by atoms with Crippen LogP contribution in [0.25, 0.3) is 0 Å². The second-order valence-electron chi connectivity index (χ2n) is 6.74. The standard InChI is InChI=1S/C15H26N6O2/c1-18(2)14(22)11-21-15(23)20-7-6-19(10-13(20)17-21)9-12-4-3-5-16-8-12/h12,16H,3-11H2,1-2H3. The molecule has 2 aliphatic rings. The highest BCUT2D eigenvalue weighted by atomic mass is 16.2. The Balaban J connectivity index is 1.66. The van der Waals surface area contributed by atoms with E-state index in [9.17, 15) is 9.59 Å². The van der Waals surface area contributed by atoms with E-state index in [0.29, 0.717) is 19.0 Å². The Labute approximate surface area is 136 Å². The molecule has 1 aromatic heterocycles. The summed E-state index contributed by atoms with van der Waals surface area (Å²) in [4.78, 5) is 28.0. The quantitative estimate of drug-likeness (QED) is 0.765. The molecule has 3 heterocycles. The van der Waals surface area contributed by atoms with Crippen molar-refractivity contribution in [3.63, 3.8) is 0 Å². The summed E-state index contributed by atoms with van der Waals surface area (Å²) in [5, 5.41) is 7.82. The molecule has 8 heteroatoms. The molecule has 1 aromatic rings. The molecule has 1 atom stereocenters. The molecule has 1 unspecified atom stereocenters. The van der Waals surface area contributed by atoms with E-state index in [4.69, 9.17) is 0 Å². The number of likely N-dealkylation sites (N-methyl/N-ethyl adjacent to an activating group) is 1. The molecule has 1 N–H and O–H groups in total. The van der Waals surface area contributed by atoms with Crippen LogP contribution in [-0.4, -0.2) is 70.3 Å². The van der Waals surface area contributed by atoms with Gasteiger partial charge >= 0.3 is 5.69 Å². The number of nitrogens with zero attached hydrogens (tertiary/aromatic N) is 5. The zero-order valence-electron chi connectivity index (χ0n) is 14.0. The SMILES string of the molecule is CN(C)C(=O)Cn1nc2n(c1=O)CCN(CC1CCCNC1)C2. The lowest BCUT2D eigenvalue weighted by Gasteiger charge is -2.32. The number of fused-ring (bicyclic) bond motifs is 1. The lowest BCUT2D eigenvalue weighted by molar-refractivity contribution is -0.129. The molecular formula is C15H26N6O2. The van der Waals surface area contributed by atoms with Gasteiger partial charge in [-0.1, -0.05) is 0 Å². The summed E-state index contributed by atoms with van der Waals surface area (Å²) < 4.78 is 3.00. The van der Waals surface area contributed by atoms with Crippen molar-refractivity contribution in [2.75, 3.05) is 40.3 Å². The highest BCUT2D eigenvalue weighted by Gasteiger charge is 2.25. The highest BCUT2D eigenvalue weighted by Crippen LogP contribution is 2.15. The first-order chi connectivity index (χ1) is 11.0. The molecule has 8 nitrogen and oxygen atoms in total. The molecule has 1 fully saturated rings. The Morgan fingerprint density at radius 2 is 2.22 bits per heavy atom. The molecular weight excluding hydrogens is 296 g/mol. The van der Waals surface area contributed by atoms with Crippen LogP contribution >= 0.6 is 0 Å². The Bertz CT molecular complexity index is 614. The van der Waals surface area contributed by atoms with E-state index in [1.54, 1.807) is 18.7 Å². The van der Waals surface area contributed by atoms with Crippen molar-refractivity contribution in [1.82, 2.24) is 29.5 Å². The molecule has 1 saturated heterocycles. The maximum absolute atomic E-state index is 12.3. The Hall–Kier alpha value is -1.67. The average Bonchev–Trinajstić information content (AvgIpc) is 2.84. The fourth-order valence-corrected chi connectivity index (χ4v) is 3.32. The van der Waals surface area contributed by atoms with E-state index in [0.717, 1.165) is 32.0 Å². The van der Waals surface area contributed by atoms with Crippen molar-refractivity contribution in [3.8, 4) is 0 Å². The van der Waals surface area contributed by atoms with Gasteiger partial charge in [-0.25, -0.2) is 9.48 Å². The number of aromatic nitrogens is 3. The van der Waals surface area contributed by atoms with Gasteiger partial charge in [-0.15, -0.1) is 0 Å². The molecule has 128 valence electrons. The first-order valence-electron chi connectivity index (χ1n) is 8.34. The number of rotatable bonds is 4. The van der Waals surface area contributed by atoms with Crippen LogP contribution in [0.1, 0.15) is 18.7 Å². The molecule has 3 rings (SSSR count). The van der Waals surface area contributed by atoms with Crippen LogP contribution in [0.3, 0.4) is 0 Å². The third-order valence-electron chi connectivity index (χ3n) is 4.70. The van der Waals surface area contributed by atoms with Crippen LogP contribution in [0.15, 0.2) is 4.79 Å². The molecule has 0 aliphatic carbocycles. The van der Waals surface area contributed by atoms with Gasteiger partial charge < -0.3 is 10.2 Å². The van der Waals surface area contributed by atoms with Gasteiger partial charge in [0, 0.05) is 33.7 Å². The largest absolute Gasteiger partial charge is 0.347 e. The summed E-state index contributed by atoms with van der Waals surface area (Å²) >= 11 is 0. The summed E-state index contributed by atoms with van der Waals surface area (Å²) in [5.74, 6) is 1.34. The van der Waals surface area contributed by atoms with Gasteiger partial charge in [-0.05, 0) is 31.8 Å². The van der Waals surface area contributed by atoms with Crippen molar-refractivity contribution in [3.05, 3.63) is 16.3 Å². The first-order valence-corrected chi connectivity index (χ1v) is 8.34. The Morgan fingerprint density at radius 3 is 2.91 bits per heavy atom. The molecule has 0 radical (unpaired) electrons. The number of carbonyl (C=O) groups excluding carboxylic acids is 1. The van der Waals surface area contributed by atoms with Crippen LogP contribution in [0.4, 0.5) is 0 Å². The van der Waals surface area contributed by atoms with Crippen LogP contribution in [0.5, 0.6) is 0 Å². The van der Waals surface area contributed by atoms with E-state index in [1.807, 2.05) is 0 Å². The zero-order valence-corrected chi connectivity index (χ0v) is 14.0. The van der Waals surface area contributed by atoms with Gasteiger partial charge in [0.1, 0.15) is 12.4 Å². The Kier molecular flexibility index (Phi) is 4.82. The fourth-order valence-electron chi connectivity index (χ4n) is 3.32. The van der Waals surface area contributed by atoms with Gasteiger partial charge in [-0.2, -0.15) is 5.10 Å². The monoisotopic (exact) mass is 322 g/mol. The maximum Gasteiger partial charge on any atom is 0.346 e. The van der Waals surface area contributed by atoms with Crippen LogP contribution in [0, 0.1) is 5.92 Å². The van der Waals surface area contributed by atoms with Crippen molar-refractivity contribution in [1.29, 1.82) is 0 Å². The molecule has 2 aliphatic heterocycles. The lowest BCUT2D eigenvalue weighted by atomic mass is 9.99. The molecule has 0 bridgehead atoms. The predicted molar refractivity (Wildman–Crippen MR) is 86.1 cm³/mol. The summed E-state index contributed by atoms with van der Waals surface area (Å²) in [7, 11) is 3.37. The normalized spacial score (nSPS) is 21.9. The minimum atomic E-state index is -0.172. The number of hydrogen-bond donors (Lipinski definition) is 1. The number of carbonyl (C=O) groups is 1. The minimum absolute atomic E-state index is 0.0123. The van der Waals surface area contributed by atoms with Crippen LogP contribution in [0.2, 0.25) is 0 Å². The summed E-state index contributed by atoms with van der Waals surface area (Å²) in [5.41, 5.74) is -0.172. The third kappa shape index (κ3) is 3.64. The first kappa shape index (κ1) is 16.2.